The lowest BCUT2D eigenvalue weighted by Crippen LogP contribution is -2.53. The Morgan fingerprint density at radius 1 is 1.75 bits per heavy atom. The van der Waals surface area contributed by atoms with E-state index in [2.05, 4.69) is 5.32 Å². The summed E-state index contributed by atoms with van der Waals surface area (Å²) in [6, 6.07) is 0. The molecule has 1 unspecified atom stereocenters. The van der Waals surface area contributed by atoms with E-state index in [9.17, 15) is 10.1 Å². The van der Waals surface area contributed by atoms with E-state index in [1.165, 1.54) is 19.2 Å². The summed E-state index contributed by atoms with van der Waals surface area (Å²) in [6.45, 7) is 1.50. The van der Waals surface area contributed by atoms with Crippen LogP contribution in [0.25, 0.3) is 0 Å². The molecule has 0 saturated carbocycles. The molecule has 1 aliphatic heterocycles. The van der Waals surface area contributed by atoms with E-state index >= 15 is 0 Å². The zero-order valence-corrected chi connectivity index (χ0v) is 6.57. The van der Waals surface area contributed by atoms with Crippen molar-refractivity contribution in [2.75, 3.05) is 0 Å². The molecule has 0 aromatic carbocycles. The van der Waals surface area contributed by atoms with Crippen molar-refractivity contribution < 1.29 is 4.92 Å². The van der Waals surface area contributed by atoms with E-state index in [0.29, 0.717) is 5.70 Å². The summed E-state index contributed by atoms with van der Waals surface area (Å²) in [5.41, 5.74) is 9.92. The van der Waals surface area contributed by atoms with Gasteiger partial charge in [0.25, 0.3) is 5.70 Å². The van der Waals surface area contributed by atoms with E-state index in [1.54, 1.807) is 0 Å². The number of allylic oxidation sites excluding steroid dienone is 1. The number of nitro groups is 1. The predicted molar refractivity (Wildman–Crippen MR) is 43.1 cm³/mol. The molecule has 0 radical (unpaired) electrons. The molecular formula is C6H10N4O2. The molecule has 0 spiro atoms. The maximum absolute atomic E-state index is 10.5. The van der Waals surface area contributed by atoms with E-state index in [0.717, 1.165) is 0 Å². The number of nitrogens with one attached hydrogen (secondary N) is 1. The van der Waals surface area contributed by atoms with E-state index < -0.39 is 10.6 Å². The van der Waals surface area contributed by atoms with Crippen molar-refractivity contribution >= 4 is 0 Å². The molecule has 0 amide bonds. The second-order valence-electron chi connectivity index (χ2n) is 2.78. The largest absolute Gasteiger partial charge is 0.397 e. The van der Waals surface area contributed by atoms with Crippen molar-refractivity contribution in [3.63, 3.8) is 0 Å². The number of dihydropyridines is 1. The Kier molecular flexibility index (Phi) is 1.77. The lowest BCUT2D eigenvalue weighted by atomic mass is 10.1. The van der Waals surface area contributed by atoms with Crippen LogP contribution in [0.5, 0.6) is 0 Å². The van der Waals surface area contributed by atoms with Crippen molar-refractivity contribution in [3.05, 3.63) is 33.8 Å². The van der Waals surface area contributed by atoms with Gasteiger partial charge in [0.2, 0.25) is 0 Å². The van der Waals surface area contributed by atoms with Gasteiger partial charge in [0.15, 0.2) is 5.66 Å². The van der Waals surface area contributed by atoms with Crippen LogP contribution in [0.1, 0.15) is 6.92 Å². The lowest BCUT2D eigenvalue weighted by molar-refractivity contribution is -0.435. The van der Waals surface area contributed by atoms with E-state index in [1.807, 2.05) is 0 Å². The van der Waals surface area contributed by atoms with Crippen LogP contribution >= 0.6 is 0 Å². The molecule has 6 nitrogen and oxygen atoms in total. The monoisotopic (exact) mass is 170 g/mol. The van der Waals surface area contributed by atoms with Gasteiger partial charge in [0.05, 0.1) is 10.6 Å². The van der Waals surface area contributed by atoms with E-state index in [-0.39, 0.29) is 5.70 Å². The average molecular weight is 170 g/mol. The molecule has 6 heteroatoms. The highest BCUT2D eigenvalue weighted by molar-refractivity contribution is 5.27. The van der Waals surface area contributed by atoms with Crippen LogP contribution in [0.3, 0.4) is 0 Å². The van der Waals surface area contributed by atoms with Crippen LogP contribution in [0, 0.1) is 10.1 Å². The fourth-order valence-electron chi connectivity index (χ4n) is 0.899. The van der Waals surface area contributed by atoms with Gasteiger partial charge in [-0.25, -0.2) is 0 Å². The van der Waals surface area contributed by atoms with Crippen LogP contribution in [-0.2, 0) is 0 Å². The fraction of sp³-hybridized carbons (Fsp3) is 0.333. The highest BCUT2D eigenvalue weighted by Gasteiger charge is 2.35. The van der Waals surface area contributed by atoms with Gasteiger partial charge in [-0.15, -0.1) is 0 Å². The summed E-state index contributed by atoms with van der Waals surface area (Å²) in [5.74, 6) is 0. The molecule has 0 fully saturated rings. The standard InChI is InChI=1S/C6H10N4O2/c1-6(8)5(10(11)12)2-4(7)3-9-6/h2-3,9H,7-8H2,1H3. The molecular weight excluding hydrogens is 160 g/mol. The summed E-state index contributed by atoms with van der Waals surface area (Å²) in [6.07, 6.45) is 2.68. The van der Waals surface area contributed by atoms with Crippen molar-refractivity contribution in [3.8, 4) is 0 Å². The molecule has 0 saturated heterocycles. The Labute approximate surface area is 69.1 Å². The third-order valence-corrected chi connectivity index (χ3v) is 1.57. The summed E-state index contributed by atoms with van der Waals surface area (Å²) in [5, 5.41) is 13.1. The molecule has 12 heavy (non-hydrogen) atoms. The molecule has 1 rings (SSSR count). The van der Waals surface area contributed by atoms with Crippen LogP contribution in [0.4, 0.5) is 0 Å². The highest BCUT2D eigenvalue weighted by atomic mass is 16.6. The zero-order valence-electron chi connectivity index (χ0n) is 6.57. The summed E-state index contributed by atoms with van der Waals surface area (Å²) in [7, 11) is 0. The topological polar surface area (TPSA) is 107 Å². The molecule has 0 aromatic heterocycles. The van der Waals surface area contributed by atoms with Gasteiger partial charge in [0.1, 0.15) is 0 Å². The Bertz CT molecular complexity index is 279. The summed E-state index contributed by atoms with van der Waals surface area (Å²) in [4.78, 5) is 9.90. The van der Waals surface area contributed by atoms with Gasteiger partial charge in [0, 0.05) is 12.3 Å². The molecule has 1 atom stereocenters. The average Bonchev–Trinajstić information content (AvgIpc) is 1.94. The van der Waals surface area contributed by atoms with Crippen LogP contribution in [0.15, 0.2) is 23.7 Å². The smallest absolute Gasteiger partial charge is 0.287 e. The van der Waals surface area contributed by atoms with Crippen LogP contribution in [-0.4, -0.2) is 10.6 Å². The van der Waals surface area contributed by atoms with Gasteiger partial charge < -0.3 is 11.1 Å². The normalized spacial score (nSPS) is 28.5. The first-order chi connectivity index (χ1) is 5.43. The van der Waals surface area contributed by atoms with Crippen molar-refractivity contribution in [2.45, 2.75) is 12.6 Å². The third-order valence-electron chi connectivity index (χ3n) is 1.57. The maximum Gasteiger partial charge on any atom is 0.287 e. The maximum atomic E-state index is 10.5. The lowest BCUT2D eigenvalue weighted by Gasteiger charge is -2.24. The van der Waals surface area contributed by atoms with Gasteiger partial charge >= 0.3 is 0 Å². The van der Waals surface area contributed by atoms with Crippen LogP contribution < -0.4 is 16.8 Å². The molecule has 66 valence electrons. The van der Waals surface area contributed by atoms with Gasteiger partial charge in [-0.3, -0.25) is 15.8 Å². The van der Waals surface area contributed by atoms with Crippen molar-refractivity contribution in [2.24, 2.45) is 11.5 Å². The fourth-order valence-corrected chi connectivity index (χ4v) is 0.899. The summed E-state index contributed by atoms with van der Waals surface area (Å²) < 4.78 is 0. The molecule has 5 N–H and O–H groups in total. The minimum Gasteiger partial charge on any atom is -0.397 e. The molecule has 1 heterocycles. The quantitative estimate of drug-likeness (QED) is 0.353. The Morgan fingerprint density at radius 2 is 2.33 bits per heavy atom. The first-order valence-electron chi connectivity index (χ1n) is 3.32. The molecule has 0 aromatic rings. The first kappa shape index (κ1) is 8.54. The molecule has 0 bridgehead atoms. The number of nitrogens with zero attached hydrogens (tertiary/aromatic N) is 1. The molecule has 1 aliphatic rings. The number of rotatable bonds is 1. The third kappa shape index (κ3) is 1.37. The number of hydrogen-bond donors (Lipinski definition) is 3. The first-order valence-corrected chi connectivity index (χ1v) is 3.32. The van der Waals surface area contributed by atoms with Crippen molar-refractivity contribution in [1.29, 1.82) is 0 Å². The van der Waals surface area contributed by atoms with Gasteiger partial charge in [-0.1, -0.05) is 0 Å². The highest BCUT2D eigenvalue weighted by Crippen LogP contribution is 2.15. The second-order valence-corrected chi connectivity index (χ2v) is 2.78. The predicted octanol–water partition coefficient (Wildman–Crippen LogP) is -0.775. The number of nitrogens with two attached hydrogens (primary N) is 2. The minimum atomic E-state index is -1.15. The van der Waals surface area contributed by atoms with E-state index in [4.69, 9.17) is 11.5 Å². The Morgan fingerprint density at radius 3 is 2.75 bits per heavy atom. The van der Waals surface area contributed by atoms with Crippen molar-refractivity contribution in [1.82, 2.24) is 5.32 Å². The minimum absolute atomic E-state index is 0.137. The summed E-state index contributed by atoms with van der Waals surface area (Å²) >= 11 is 0. The Hall–Kier alpha value is -1.56. The Balaban J connectivity index is 3.05. The van der Waals surface area contributed by atoms with Gasteiger partial charge in [-0.2, -0.15) is 0 Å². The van der Waals surface area contributed by atoms with Gasteiger partial charge in [-0.05, 0) is 6.92 Å². The number of hydrogen-bond acceptors (Lipinski definition) is 5. The van der Waals surface area contributed by atoms with Crippen LogP contribution in [0.2, 0.25) is 0 Å². The SMILES string of the molecule is CC1(N)NC=C(N)C=C1[N+](=O)[O-]. The zero-order chi connectivity index (χ0) is 9.35. The molecule has 0 aliphatic carbocycles. The second kappa shape index (κ2) is 2.49.